The van der Waals surface area contributed by atoms with Crippen LogP contribution < -0.4 is 5.56 Å². The van der Waals surface area contributed by atoms with Crippen molar-refractivity contribution in [3.05, 3.63) is 27.4 Å². The molecule has 18 heavy (non-hydrogen) atoms. The molecule has 98 valence electrons. The molecule has 0 spiro atoms. The third-order valence-corrected chi connectivity index (χ3v) is 4.35. The Balaban J connectivity index is 1.89. The topological polar surface area (TPSA) is 55.0 Å². The highest BCUT2D eigenvalue weighted by Crippen LogP contribution is 2.38. The van der Waals surface area contributed by atoms with Crippen molar-refractivity contribution < 1.29 is 4.74 Å². The molecular formula is C14H20N2O2. The standard InChI is InChI=1S/C14H20N2O2/c1-2-9-3-4-10(7-9)13-15-12-5-6-18-8-11(12)14(17)16-13/h9-10H,2-8H2,1H3,(H,15,16,17). The molecule has 2 aliphatic rings. The summed E-state index contributed by atoms with van der Waals surface area (Å²) in [7, 11) is 0. The van der Waals surface area contributed by atoms with Crippen LogP contribution in [0, 0.1) is 5.92 Å². The number of ether oxygens (including phenoxy) is 1. The van der Waals surface area contributed by atoms with Crippen LogP contribution >= 0.6 is 0 Å². The van der Waals surface area contributed by atoms with Crippen LogP contribution in [0.2, 0.25) is 0 Å². The first kappa shape index (κ1) is 11.9. The Bertz CT molecular complexity index is 495. The van der Waals surface area contributed by atoms with Gasteiger partial charge in [-0.3, -0.25) is 4.79 Å². The van der Waals surface area contributed by atoms with Crippen LogP contribution in [0.3, 0.4) is 0 Å². The van der Waals surface area contributed by atoms with Crippen LogP contribution in [-0.4, -0.2) is 16.6 Å². The molecule has 1 aromatic heterocycles. The SMILES string of the molecule is CCC1CCC(c2nc3c(c(=O)[nH]2)COCC3)C1. The summed E-state index contributed by atoms with van der Waals surface area (Å²) < 4.78 is 5.32. The smallest absolute Gasteiger partial charge is 0.256 e. The summed E-state index contributed by atoms with van der Waals surface area (Å²) in [6, 6.07) is 0. The van der Waals surface area contributed by atoms with Crippen molar-refractivity contribution in [1.82, 2.24) is 9.97 Å². The van der Waals surface area contributed by atoms with Crippen LogP contribution in [-0.2, 0) is 17.8 Å². The number of H-pyrrole nitrogens is 1. The quantitative estimate of drug-likeness (QED) is 0.872. The number of rotatable bonds is 2. The molecule has 0 saturated heterocycles. The highest BCUT2D eigenvalue weighted by atomic mass is 16.5. The Hall–Kier alpha value is -1.16. The summed E-state index contributed by atoms with van der Waals surface area (Å²) in [5.74, 6) is 2.17. The number of nitrogens with one attached hydrogen (secondary N) is 1. The van der Waals surface area contributed by atoms with E-state index in [4.69, 9.17) is 4.74 Å². The molecule has 3 rings (SSSR count). The zero-order valence-corrected chi connectivity index (χ0v) is 10.9. The first-order chi connectivity index (χ1) is 8.78. The Morgan fingerprint density at radius 2 is 2.33 bits per heavy atom. The van der Waals surface area contributed by atoms with Crippen molar-refractivity contribution in [2.24, 2.45) is 5.92 Å². The van der Waals surface area contributed by atoms with E-state index in [1.54, 1.807) is 0 Å². The minimum Gasteiger partial charge on any atom is -0.376 e. The monoisotopic (exact) mass is 248 g/mol. The largest absolute Gasteiger partial charge is 0.376 e. The average molecular weight is 248 g/mol. The zero-order chi connectivity index (χ0) is 12.5. The second-order valence-electron chi connectivity index (χ2n) is 5.46. The first-order valence-corrected chi connectivity index (χ1v) is 6.97. The first-order valence-electron chi connectivity index (χ1n) is 6.97. The van der Waals surface area contributed by atoms with E-state index in [1.165, 1.54) is 19.3 Å². The average Bonchev–Trinajstić information content (AvgIpc) is 2.87. The molecule has 1 aliphatic heterocycles. The minimum absolute atomic E-state index is 0.00893. The van der Waals surface area contributed by atoms with Crippen molar-refractivity contribution >= 4 is 0 Å². The van der Waals surface area contributed by atoms with E-state index >= 15 is 0 Å². The van der Waals surface area contributed by atoms with Crippen LogP contribution in [0.1, 0.15) is 55.6 Å². The maximum Gasteiger partial charge on any atom is 0.256 e. The maximum absolute atomic E-state index is 12.0. The normalized spacial score (nSPS) is 27.2. The van der Waals surface area contributed by atoms with Crippen LogP contribution in [0.25, 0.3) is 0 Å². The van der Waals surface area contributed by atoms with Gasteiger partial charge in [-0.2, -0.15) is 0 Å². The van der Waals surface area contributed by atoms with E-state index in [2.05, 4.69) is 16.9 Å². The van der Waals surface area contributed by atoms with Crippen molar-refractivity contribution in [1.29, 1.82) is 0 Å². The van der Waals surface area contributed by atoms with Gasteiger partial charge in [0.2, 0.25) is 0 Å². The van der Waals surface area contributed by atoms with Gasteiger partial charge in [0, 0.05) is 12.3 Å². The molecule has 4 nitrogen and oxygen atoms in total. The lowest BCUT2D eigenvalue weighted by Crippen LogP contribution is -2.26. The van der Waals surface area contributed by atoms with E-state index in [1.807, 2.05) is 0 Å². The fraction of sp³-hybridized carbons (Fsp3) is 0.714. The summed E-state index contributed by atoms with van der Waals surface area (Å²) in [6.45, 7) is 3.35. The lowest BCUT2D eigenvalue weighted by atomic mass is 10.0. The second kappa shape index (κ2) is 4.84. The maximum atomic E-state index is 12.0. The number of nitrogens with zero attached hydrogens (tertiary/aromatic N) is 1. The molecule has 0 aromatic carbocycles. The zero-order valence-electron chi connectivity index (χ0n) is 10.9. The molecule has 1 aromatic rings. The molecule has 1 aliphatic carbocycles. The van der Waals surface area contributed by atoms with Gasteiger partial charge in [-0.15, -0.1) is 0 Å². The molecule has 1 fully saturated rings. The number of aromatic nitrogens is 2. The van der Waals surface area contributed by atoms with Gasteiger partial charge in [0.05, 0.1) is 24.5 Å². The lowest BCUT2D eigenvalue weighted by Gasteiger charge is -2.17. The third kappa shape index (κ3) is 2.09. The fourth-order valence-electron chi connectivity index (χ4n) is 3.15. The van der Waals surface area contributed by atoms with Crippen molar-refractivity contribution in [3.63, 3.8) is 0 Å². The Kier molecular flexibility index (Phi) is 3.20. The molecule has 0 radical (unpaired) electrons. The van der Waals surface area contributed by atoms with E-state index in [-0.39, 0.29) is 5.56 Å². The minimum atomic E-state index is 0.00893. The van der Waals surface area contributed by atoms with E-state index in [9.17, 15) is 4.79 Å². The van der Waals surface area contributed by atoms with E-state index < -0.39 is 0 Å². The van der Waals surface area contributed by atoms with Crippen LogP contribution in [0.15, 0.2) is 4.79 Å². The Morgan fingerprint density at radius 1 is 1.44 bits per heavy atom. The fourth-order valence-corrected chi connectivity index (χ4v) is 3.15. The van der Waals surface area contributed by atoms with Gasteiger partial charge < -0.3 is 9.72 Å². The summed E-state index contributed by atoms with van der Waals surface area (Å²) in [5.41, 5.74) is 1.70. The third-order valence-electron chi connectivity index (χ3n) is 4.35. The van der Waals surface area contributed by atoms with Gasteiger partial charge in [0.1, 0.15) is 5.82 Å². The predicted octanol–water partition coefficient (Wildman–Crippen LogP) is 2.14. The number of hydrogen-bond acceptors (Lipinski definition) is 3. The van der Waals surface area contributed by atoms with Crippen LogP contribution in [0.4, 0.5) is 0 Å². The molecule has 1 N–H and O–H groups in total. The summed E-state index contributed by atoms with van der Waals surface area (Å²) in [4.78, 5) is 19.7. The molecule has 0 bridgehead atoms. The lowest BCUT2D eigenvalue weighted by molar-refractivity contribution is 0.107. The Morgan fingerprint density at radius 3 is 3.11 bits per heavy atom. The van der Waals surface area contributed by atoms with Gasteiger partial charge >= 0.3 is 0 Å². The number of aromatic amines is 1. The second-order valence-corrected chi connectivity index (χ2v) is 5.46. The van der Waals surface area contributed by atoms with Gasteiger partial charge in [-0.25, -0.2) is 4.98 Å². The molecule has 4 heteroatoms. The summed E-state index contributed by atoms with van der Waals surface area (Å²) in [6.07, 6.45) is 5.62. The Labute approximate surface area is 107 Å². The summed E-state index contributed by atoms with van der Waals surface area (Å²) >= 11 is 0. The van der Waals surface area contributed by atoms with Crippen molar-refractivity contribution in [2.75, 3.05) is 6.61 Å². The predicted molar refractivity (Wildman–Crippen MR) is 68.6 cm³/mol. The van der Waals surface area contributed by atoms with Gasteiger partial charge in [-0.05, 0) is 25.2 Å². The molecule has 1 saturated carbocycles. The van der Waals surface area contributed by atoms with E-state index in [0.717, 1.165) is 35.8 Å². The molecular weight excluding hydrogens is 228 g/mol. The highest BCUT2D eigenvalue weighted by Gasteiger charge is 2.27. The van der Waals surface area contributed by atoms with Gasteiger partial charge in [0.25, 0.3) is 5.56 Å². The molecule has 2 unspecified atom stereocenters. The molecule has 2 heterocycles. The highest BCUT2D eigenvalue weighted by molar-refractivity contribution is 5.20. The van der Waals surface area contributed by atoms with Crippen LogP contribution in [0.5, 0.6) is 0 Å². The van der Waals surface area contributed by atoms with Gasteiger partial charge in [-0.1, -0.05) is 13.3 Å². The van der Waals surface area contributed by atoms with E-state index in [0.29, 0.717) is 19.1 Å². The molecule has 0 amide bonds. The van der Waals surface area contributed by atoms with Gasteiger partial charge in [0.15, 0.2) is 0 Å². The number of hydrogen-bond donors (Lipinski definition) is 1. The molecule has 2 atom stereocenters. The summed E-state index contributed by atoms with van der Waals surface area (Å²) in [5, 5.41) is 0. The van der Waals surface area contributed by atoms with Crippen molar-refractivity contribution in [3.8, 4) is 0 Å². The van der Waals surface area contributed by atoms with Crippen molar-refractivity contribution in [2.45, 2.75) is 51.6 Å². The number of fused-ring (bicyclic) bond motifs is 1.